The van der Waals surface area contributed by atoms with Crippen molar-refractivity contribution in [3.05, 3.63) is 89.2 Å². The molecule has 0 saturated heterocycles. The lowest BCUT2D eigenvalue weighted by Gasteiger charge is -2.25. The monoisotopic (exact) mass is 374 g/mol. The summed E-state index contributed by atoms with van der Waals surface area (Å²) in [6.45, 7) is 4.08. The van der Waals surface area contributed by atoms with Gasteiger partial charge in [-0.2, -0.15) is 0 Å². The van der Waals surface area contributed by atoms with Crippen molar-refractivity contribution >= 4 is 5.91 Å². The van der Waals surface area contributed by atoms with Crippen LogP contribution in [-0.4, -0.2) is 34.0 Å². The number of aromatic nitrogens is 1. The molecule has 0 saturated carbocycles. The van der Waals surface area contributed by atoms with Gasteiger partial charge in [-0.1, -0.05) is 30.3 Å². The van der Waals surface area contributed by atoms with E-state index >= 15 is 0 Å². The zero-order valence-electron chi connectivity index (χ0n) is 16.6. The Morgan fingerprint density at radius 3 is 2.50 bits per heavy atom. The molecule has 144 valence electrons. The van der Waals surface area contributed by atoms with Gasteiger partial charge in [0, 0.05) is 37.0 Å². The number of pyridine rings is 1. The Morgan fingerprint density at radius 2 is 1.79 bits per heavy atom. The first-order chi connectivity index (χ1) is 13.5. The average molecular weight is 374 g/mol. The number of benzene rings is 2. The minimum atomic E-state index is -0.0136. The van der Waals surface area contributed by atoms with E-state index in [1.807, 2.05) is 81.7 Å². The van der Waals surface area contributed by atoms with Crippen LogP contribution < -0.4 is 0 Å². The molecule has 0 unspecified atom stereocenters. The number of carbonyl (C=O) groups is 1. The lowest BCUT2D eigenvalue weighted by Crippen LogP contribution is -2.36. The number of likely N-dealkylation sites (N-methyl/N-ethyl adjacent to an activating group) is 1. The minimum Gasteiger partial charge on any atom is -0.392 e. The SMILES string of the molecule is Cc1ccnc(C[C@H](C)N(C)C(=O)c2cccc(-c3cccc(CO)c3)c2)c1. The van der Waals surface area contributed by atoms with E-state index in [2.05, 4.69) is 11.1 Å². The smallest absolute Gasteiger partial charge is 0.253 e. The fraction of sp³-hybridized carbons (Fsp3) is 0.250. The van der Waals surface area contributed by atoms with E-state index in [0.29, 0.717) is 12.0 Å². The second-order valence-corrected chi connectivity index (χ2v) is 7.23. The number of aliphatic hydroxyl groups excluding tert-OH is 1. The van der Waals surface area contributed by atoms with Gasteiger partial charge in [-0.3, -0.25) is 9.78 Å². The molecule has 1 N–H and O–H groups in total. The third kappa shape index (κ3) is 4.65. The first-order valence-electron chi connectivity index (χ1n) is 9.47. The molecule has 1 heterocycles. The number of aliphatic hydroxyl groups is 1. The summed E-state index contributed by atoms with van der Waals surface area (Å²) in [7, 11) is 1.84. The molecule has 4 heteroatoms. The highest BCUT2D eigenvalue weighted by atomic mass is 16.3. The van der Waals surface area contributed by atoms with E-state index in [-0.39, 0.29) is 18.6 Å². The Hall–Kier alpha value is -2.98. The van der Waals surface area contributed by atoms with E-state index in [4.69, 9.17) is 0 Å². The maximum Gasteiger partial charge on any atom is 0.253 e. The molecular weight excluding hydrogens is 348 g/mol. The topological polar surface area (TPSA) is 53.4 Å². The van der Waals surface area contributed by atoms with Crippen LogP contribution in [0.2, 0.25) is 0 Å². The Labute approximate surface area is 166 Å². The highest BCUT2D eigenvalue weighted by Gasteiger charge is 2.19. The second kappa shape index (κ2) is 8.81. The first-order valence-corrected chi connectivity index (χ1v) is 9.47. The second-order valence-electron chi connectivity index (χ2n) is 7.23. The van der Waals surface area contributed by atoms with Gasteiger partial charge in [-0.05, 0) is 66.4 Å². The molecule has 3 aromatic rings. The van der Waals surface area contributed by atoms with Crippen LogP contribution >= 0.6 is 0 Å². The summed E-state index contributed by atoms with van der Waals surface area (Å²) in [5, 5.41) is 9.36. The van der Waals surface area contributed by atoms with Gasteiger partial charge in [0.1, 0.15) is 0 Å². The molecule has 0 aliphatic carbocycles. The van der Waals surface area contributed by atoms with E-state index in [0.717, 1.165) is 22.4 Å². The summed E-state index contributed by atoms with van der Waals surface area (Å²) < 4.78 is 0. The number of aryl methyl sites for hydroxylation is 1. The van der Waals surface area contributed by atoms with E-state index in [1.165, 1.54) is 5.56 Å². The maximum atomic E-state index is 13.0. The summed E-state index contributed by atoms with van der Waals surface area (Å²) in [6.07, 6.45) is 2.52. The number of rotatable bonds is 6. The number of nitrogens with zero attached hydrogens (tertiary/aromatic N) is 2. The van der Waals surface area contributed by atoms with Crippen molar-refractivity contribution in [1.82, 2.24) is 9.88 Å². The van der Waals surface area contributed by atoms with Crippen LogP contribution in [0.5, 0.6) is 0 Å². The van der Waals surface area contributed by atoms with Crippen LogP contribution in [0, 0.1) is 6.92 Å². The Bertz CT molecular complexity index is 968. The molecule has 0 spiro atoms. The Morgan fingerprint density at radius 1 is 1.07 bits per heavy atom. The highest BCUT2D eigenvalue weighted by molar-refractivity contribution is 5.95. The zero-order chi connectivity index (χ0) is 20.1. The number of hydrogen-bond donors (Lipinski definition) is 1. The number of carbonyl (C=O) groups excluding carboxylic acids is 1. The summed E-state index contributed by atoms with van der Waals surface area (Å²) >= 11 is 0. The van der Waals surface area contributed by atoms with Gasteiger partial charge in [-0.15, -0.1) is 0 Å². The van der Waals surface area contributed by atoms with Crippen LogP contribution in [-0.2, 0) is 13.0 Å². The van der Waals surface area contributed by atoms with Crippen LogP contribution in [0.4, 0.5) is 0 Å². The van der Waals surface area contributed by atoms with Crippen LogP contribution in [0.15, 0.2) is 66.9 Å². The summed E-state index contributed by atoms with van der Waals surface area (Å²) in [6, 6.07) is 19.4. The van der Waals surface area contributed by atoms with Gasteiger partial charge in [0.2, 0.25) is 0 Å². The first kappa shape index (κ1) is 19.8. The normalized spacial score (nSPS) is 11.9. The molecule has 1 aromatic heterocycles. The fourth-order valence-corrected chi connectivity index (χ4v) is 3.23. The molecule has 0 aliphatic heterocycles. The lowest BCUT2D eigenvalue weighted by molar-refractivity contribution is 0.0743. The van der Waals surface area contributed by atoms with Crippen molar-refractivity contribution < 1.29 is 9.90 Å². The van der Waals surface area contributed by atoms with Crippen LogP contribution in [0.25, 0.3) is 11.1 Å². The predicted octanol–water partition coefficient (Wildman–Crippen LogP) is 4.25. The van der Waals surface area contributed by atoms with Crippen molar-refractivity contribution in [3.63, 3.8) is 0 Å². The van der Waals surface area contributed by atoms with E-state index in [1.54, 1.807) is 4.90 Å². The molecule has 2 aromatic carbocycles. The lowest BCUT2D eigenvalue weighted by atomic mass is 10.0. The quantitative estimate of drug-likeness (QED) is 0.702. The molecule has 0 fully saturated rings. The van der Waals surface area contributed by atoms with Crippen LogP contribution in [0.1, 0.15) is 34.1 Å². The molecular formula is C24H26N2O2. The van der Waals surface area contributed by atoms with Gasteiger partial charge < -0.3 is 10.0 Å². The number of hydrogen-bond acceptors (Lipinski definition) is 3. The summed E-state index contributed by atoms with van der Waals surface area (Å²) in [4.78, 5) is 19.2. The molecule has 0 bridgehead atoms. The molecule has 3 rings (SSSR count). The van der Waals surface area contributed by atoms with Gasteiger partial charge in [0.05, 0.1) is 6.61 Å². The predicted molar refractivity (Wildman–Crippen MR) is 112 cm³/mol. The summed E-state index contributed by atoms with van der Waals surface area (Å²) in [5.41, 5.74) is 5.61. The molecule has 1 amide bonds. The van der Waals surface area contributed by atoms with Crippen molar-refractivity contribution in [3.8, 4) is 11.1 Å². The van der Waals surface area contributed by atoms with Crippen molar-refractivity contribution in [2.45, 2.75) is 32.9 Å². The van der Waals surface area contributed by atoms with Gasteiger partial charge in [0.25, 0.3) is 5.91 Å². The van der Waals surface area contributed by atoms with Crippen molar-refractivity contribution in [1.29, 1.82) is 0 Å². The number of amides is 1. The van der Waals surface area contributed by atoms with E-state index in [9.17, 15) is 9.90 Å². The molecule has 4 nitrogen and oxygen atoms in total. The van der Waals surface area contributed by atoms with Crippen molar-refractivity contribution in [2.24, 2.45) is 0 Å². The van der Waals surface area contributed by atoms with Gasteiger partial charge in [-0.25, -0.2) is 0 Å². The minimum absolute atomic E-state index is 0.000288. The molecule has 0 radical (unpaired) electrons. The van der Waals surface area contributed by atoms with Gasteiger partial charge in [0.15, 0.2) is 0 Å². The van der Waals surface area contributed by atoms with Gasteiger partial charge >= 0.3 is 0 Å². The maximum absolute atomic E-state index is 13.0. The highest BCUT2D eigenvalue weighted by Crippen LogP contribution is 2.23. The van der Waals surface area contributed by atoms with Crippen molar-refractivity contribution in [2.75, 3.05) is 7.05 Å². The Balaban J connectivity index is 1.77. The third-order valence-corrected chi connectivity index (χ3v) is 5.01. The molecule has 28 heavy (non-hydrogen) atoms. The molecule has 0 aliphatic rings. The van der Waals surface area contributed by atoms with Crippen LogP contribution in [0.3, 0.4) is 0 Å². The molecule has 1 atom stereocenters. The largest absolute Gasteiger partial charge is 0.392 e. The average Bonchev–Trinajstić information content (AvgIpc) is 2.72. The fourth-order valence-electron chi connectivity index (χ4n) is 3.23. The zero-order valence-corrected chi connectivity index (χ0v) is 16.6. The summed E-state index contributed by atoms with van der Waals surface area (Å²) in [5.74, 6) is -0.0136. The Kier molecular flexibility index (Phi) is 6.22. The third-order valence-electron chi connectivity index (χ3n) is 5.01. The standard InChI is InChI=1S/C24H26N2O2/c1-17-10-11-25-23(12-17)13-18(2)26(3)24(28)22-9-5-8-21(15-22)20-7-4-6-19(14-20)16-27/h4-12,14-15,18,27H,13,16H2,1-3H3/t18-/m0/s1. The van der Waals surface area contributed by atoms with E-state index < -0.39 is 0 Å².